The zero-order valence-electron chi connectivity index (χ0n) is 17.2. The van der Waals surface area contributed by atoms with Crippen molar-refractivity contribution in [1.29, 1.82) is 0 Å². The molecule has 0 aliphatic heterocycles. The molecule has 148 valence electrons. The van der Waals surface area contributed by atoms with Crippen LogP contribution in [0.15, 0.2) is 133 Å². The molecule has 5 aromatic rings. The minimum atomic E-state index is 1.09. The van der Waals surface area contributed by atoms with Crippen molar-refractivity contribution < 1.29 is 0 Å². The summed E-state index contributed by atoms with van der Waals surface area (Å²) in [6.45, 7) is 0. The van der Waals surface area contributed by atoms with E-state index in [2.05, 4.69) is 139 Å². The summed E-state index contributed by atoms with van der Waals surface area (Å²) in [5.41, 5.74) is 9.39. The molecule has 0 saturated carbocycles. The van der Waals surface area contributed by atoms with Crippen LogP contribution in [0, 0.1) is 0 Å². The average Bonchev–Trinajstić information content (AvgIpc) is 2.86. The smallest absolute Gasteiger partial charge is 0.0464 e. The first-order chi connectivity index (χ1) is 15.4. The number of anilines is 2. The monoisotopic (exact) mass is 397 g/mol. The van der Waals surface area contributed by atoms with Crippen LogP contribution >= 0.6 is 0 Å². The number of hydrogen-bond acceptors (Lipinski definition) is 1. The molecule has 0 aromatic heterocycles. The van der Waals surface area contributed by atoms with Crippen LogP contribution in [0.25, 0.3) is 33.4 Å². The molecule has 0 unspecified atom stereocenters. The summed E-state index contributed by atoms with van der Waals surface area (Å²) >= 11 is 0. The van der Waals surface area contributed by atoms with Crippen LogP contribution in [0.5, 0.6) is 0 Å². The number of benzene rings is 5. The normalized spacial score (nSPS) is 10.6. The Hall–Kier alpha value is -4.10. The lowest BCUT2D eigenvalue weighted by molar-refractivity contribution is 1.51. The highest BCUT2D eigenvalue weighted by molar-refractivity contribution is 5.88. The predicted octanol–water partition coefficient (Wildman–Crippen LogP) is 8.43. The second-order valence-corrected chi connectivity index (χ2v) is 7.53. The van der Waals surface area contributed by atoms with Crippen molar-refractivity contribution in [1.82, 2.24) is 0 Å². The van der Waals surface area contributed by atoms with Crippen LogP contribution in [0.2, 0.25) is 0 Å². The van der Waals surface area contributed by atoms with Gasteiger partial charge in [0.05, 0.1) is 0 Å². The second-order valence-electron chi connectivity index (χ2n) is 7.53. The Bertz CT molecular complexity index is 1280. The van der Waals surface area contributed by atoms with E-state index < -0.39 is 0 Å². The number of rotatable bonds is 5. The van der Waals surface area contributed by atoms with Gasteiger partial charge in [0.2, 0.25) is 0 Å². The Balaban J connectivity index is 1.61. The molecule has 1 nitrogen and oxygen atoms in total. The quantitative estimate of drug-likeness (QED) is 0.314. The van der Waals surface area contributed by atoms with E-state index >= 15 is 0 Å². The van der Waals surface area contributed by atoms with Gasteiger partial charge in [-0.15, -0.1) is 0 Å². The Labute approximate surface area is 183 Å². The van der Waals surface area contributed by atoms with E-state index in [0.717, 1.165) is 11.4 Å². The lowest BCUT2D eigenvalue weighted by Crippen LogP contribution is -1.96. The highest BCUT2D eigenvalue weighted by Crippen LogP contribution is 2.37. The standard InChI is InChI=1S/C30H23N/c1-4-12-23(13-5-1)26-20-21-30(28(22-26)25-16-8-3-9-17-25)31-29-19-11-10-18-27(29)24-14-6-2-7-15-24/h1-22,31H. The molecule has 1 N–H and O–H groups in total. The minimum absolute atomic E-state index is 1.09. The zero-order valence-corrected chi connectivity index (χ0v) is 17.2. The van der Waals surface area contributed by atoms with Gasteiger partial charge in [0.25, 0.3) is 0 Å². The number of hydrogen-bond donors (Lipinski definition) is 1. The largest absolute Gasteiger partial charge is 0.355 e. The van der Waals surface area contributed by atoms with Crippen LogP contribution < -0.4 is 5.32 Å². The van der Waals surface area contributed by atoms with E-state index in [1.807, 2.05) is 0 Å². The van der Waals surface area contributed by atoms with Gasteiger partial charge in [0, 0.05) is 22.5 Å². The highest BCUT2D eigenvalue weighted by atomic mass is 14.9. The summed E-state index contributed by atoms with van der Waals surface area (Å²) in [5, 5.41) is 3.72. The van der Waals surface area contributed by atoms with Crippen LogP contribution in [-0.4, -0.2) is 0 Å². The number of nitrogens with one attached hydrogen (secondary N) is 1. The van der Waals surface area contributed by atoms with Crippen LogP contribution in [0.1, 0.15) is 0 Å². The molecule has 0 aliphatic rings. The van der Waals surface area contributed by atoms with Crippen molar-refractivity contribution in [2.24, 2.45) is 0 Å². The van der Waals surface area contributed by atoms with E-state index in [0.29, 0.717) is 0 Å². The summed E-state index contributed by atoms with van der Waals surface area (Å²) in [5.74, 6) is 0. The van der Waals surface area contributed by atoms with Crippen LogP contribution in [0.3, 0.4) is 0 Å². The topological polar surface area (TPSA) is 12.0 Å². The van der Waals surface area contributed by atoms with Crippen molar-refractivity contribution in [2.45, 2.75) is 0 Å². The van der Waals surface area contributed by atoms with Gasteiger partial charge < -0.3 is 5.32 Å². The second kappa shape index (κ2) is 8.73. The molecule has 0 saturated heterocycles. The molecule has 0 bridgehead atoms. The van der Waals surface area contributed by atoms with Crippen molar-refractivity contribution in [2.75, 3.05) is 5.32 Å². The van der Waals surface area contributed by atoms with E-state index in [9.17, 15) is 0 Å². The third-order valence-electron chi connectivity index (χ3n) is 5.49. The molecule has 5 aromatic carbocycles. The molecular formula is C30H23N. The number of para-hydroxylation sites is 1. The van der Waals surface area contributed by atoms with Gasteiger partial charge in [-0.05, 0) is 40.5 Å². The first-order valence-corrected chi connectivity index (χ1v) is 10.5. The Morgan fingerprint density at radius 1 is 0.323 bits per heavy atom. The van der Waals surface area contributed by atoms with Gasteiger partial charge in [-0.3, -0.25) is 0 Å². The molecule has 0 atom stereocenters. The summed E-state index contributed by atoms with van der Waals surface area (Å²) in [6.07, 6.45) is 0. The molecule has 0 amide bonds. The summed E-state index contributed by atoms with van der Waals surface area (Å²) in [7, 11) is 0. The summed E-state index contributed by atoms with van der Waals surface area (Å²) in [4.78, 5) is 0. The molecule has 0 radical (unpaired) electrons. The molecule has 0 aliphatic carbocycles. The van der Waals surface area contributed by atoms with Gasteiger partial charge in [-0.1, -0.05) is 115 Å². The summed E-state index contributed by atoms with van der Waals surface area (Å²) < 4.78 is 0. The molecule has 31 heavy (non-hydrogen) atoms. The van der Waals surface area contributed by atoms with Crippen molar-refractivity contribution in [3.63, 3.8) is 0 Å². The Morgan fingerprint density at radius 3 is 1.45 bits per heavy atom. The first kappa shape index (κ1) is 18.9. The van der Waals surface area contributed by atoms with Crippen molar-refractivity contribution in [3.05, 3.63) is 133 Å². The predicted molar refractivity (Wildman–Crippen MR) is 132 cm³/mol. The Kier molecular flexibility index (Phi) is 5.32. The zero-order chi connectivity index (χ0) is 20.9. The van der Waals surface area contributed by atoms with Gasteiger partial charge in [-0.25, -0.2) is 0 Å². The maximum absolute atomic E-state index is 3.72. The lowest BCUT2D eigenvalue weighted by atomic mass is 9.96. The Morgan fingerprint density at radius 2 is 0.806 bits per heavy atom. The third-order valence-corrected chi connectivity index (χ3v) is 5.49. The molecule has 0 fully saturated rings. The fourth-order valence-electron chi connectivity index (χ4n) is 3.93. The van der Waals surface area contributed by atoms with Crippen molar-refractivity contribution in [3.8, 4) is 33.4 Å². The molecular weight excluding hydrogens is 374 g/mol. The first-order valence-electron chi connectivity index (χ1n) is 10.5. The average molecular weight is 398 g/mol. The minimum Gasteiger partial charge on any atom is -0.355 e. The summed E-state index contributed by atoms with van der Waals surface area (Å²) in [6, 6.07) is 46.7. The molecule has 5 rings (SSSR count). The highest BCUT2D eigenvalue weighted by Gasteiger charge is 2.11. The van der Waals surface area contributed by atoms with E-state index in [-0.39, 0.29) is 0 Å². The van der Waals surface area contributed by atoms with Crippen molar-refractivity contribution >= 4 is 11.4 Å². The van der Waals surface area contributed by atoms with Gasteiger partial charge in [-0.2, -0.15) is 0 Å². The molecule has 1 heteroatoms. The van der Waals surface area contributed by atoms with Gasteiger partial charge in [0.15, 0.2) is 0 Å². The fraction of sp³-hybridized carbons (Fsp3) is 0. The SMILES string of the molecule is c1ccc(-c2ccc(Nc3ccccc3-c3ccccc3)c(-c3ccccc3)c2)cc1. The maximum Gasteiger partial charge on any atom is 0.0464 e. The molecule has 0 spiro atoms. The molecule has 0 heterocycles. The van der Waals surface area contributed by atoms with E-state index in [4.69, 9.17) is 0 Å². The van der Waals surface area contributed by atoms with E-state index in [1.165, 1.54) is 33.4 Å². The third kappa shape index (κ3) is 4.12. The van der Waals surface area contributed by atoms with E-state index in [1.54, 1.807) is 0 Å². The van der Waals surface area contributed by atoms with Crippen LogP contribution in [-0.2, 0) is 0 Å². The van der Waals surface area contributed by atoms with Crippen LogP contribution in [0.4, 0.5) is 11.4 Å². The van der Waals surface area contributed by atoms with Gasteiger partial charge in [0.1, 0.15) is 0 Å². The fourth-order valence-corrected chi connectivity index (χ4v) is 3.93. The maximum atomic E-state index is 3.72. The van der Waals surface area contributed by atoms with Gasteiger partial charge >= 0.3 is 0 Å². The lowest BCUT2D eigenvalue weighted by Gasteiger charge is -2.17.